The number of aromatic nitrogens is 1. The Labute approximate surface area is 137 Å². The van der Waals surface area contributed by atoms with Crippen LogP contribution in [0.15, 0.2) is 10.7 Å². The molecule has 9 heteroatoms. The van der Waals surface area contributed by atoms with Crippen LogP contribution >= 0.6 is 0 Å². The lowest BCUT2D eigenvalue weighted by molar-refractivity contribution is 0.0302. The second-order valence-electron chi connectivity index (χ2n) is 6.32. The summed E-state index contributed by atoms with van der Waals surface area (Å²) >= 11 is 0. The quantitative estimate of drug-likeness (QED) is 0.758. The van der Waals surface area contributed by atoms with Gasteiger partial charge in [0.2, 0.25) is 0 Å². The molecule has 2 rings (SSSR count). The van der Waals surface area contributed by atoms with Gasteiger partial charge in [-0.15, -0.1) is 0 Å². The zero-order chi connectivity index (χ0) is 17.1. The Balaban J connectivity index is 1.89. The molecule has 2 heterocycles. The average molecular weight is 346 g/mol. The van der Waals surface area contributed by atoms with E-state index in [-0.39, 0.29) is 6.54 Å². The minimum absolute atomic E-state index is 0.0322. The lowest BCUT2D eigenvalue weighted by Crippen LogP contribution is -2.46. The Hall–Kier alpha value is -1.00. The van der Waals surface area contributed by atoms with E-state index in [0.717, 1.165) is 23.0 Å². The SMILES string of the molecule is Cc1nc(CN2CCCC(O)(CNS(=O)(=O)N(C)C)CC2)co1. The van der Waals surface area contributed by atoms with Crippen molar-refractivity contribution in [2.45, 2.75) is 38.3 Å². The summed E-state index contributed by atoms with van der Waals surface area (Å²) < 4.78 is 32.3. The van der Waals surface area contributed by atoms with E-state index >= 15 is 0 Å². The zero-order valence-electron chi connectivity index (χ0n) is 13.9. The van der Waals surface area contributed by atoms with Crippen molar-refractivity contribution in [1.29, 1.82) is 0 Å². The Morgan fingerprint density at radius 1 is 1.43 bits per heavy atom. The van der Waals surface area contributed by atoms with Gasteiger partial charge in [0, 0.05) is 40.7 Å². The first-order chi connectivity index (χ1) is 10.7. The molecule has 1 fully saturated rings. The maximum atomic E-state index is 11.8. The molecule has 1 atom stereocenters. The van der Waals surface area contributed by atoms with Crippen molar-refractivity contribution in [3.63, 3.8) is 0 Å². The molecule has 8 nitrogen and oxygen atoms in total. The highest BCUT2D eigenvalue weighted by Crippen LogP contribution is 2.23. The molecule has 0 radical (unpaired) electrons. The highest BCUT2D eigenvalue weighted by molar-refractivity contribution is 7.87. The Kier molecular flexibility index (Phi) is 5.79. The molecular weight excluding hydrogens is 320 g/mol. The summed E-state index contributed by atoms with van der Waals surface area (Å²) in [6.07, 6.45) is 3.53. The molecule has 1 aromatic heterocycles. The maximum Gasteiger partial charge on any atom is 0.279 e. The molecule has 23 heavy (non-hydrogen) atoms. The fourth-order valence-electron chi connectivity index (χ4n) is 2.63. The lowest BCUT2D eigenvalue weighted by atomic mass is 9.95. The van der Waals surface area contributed by atoms with Gasteiger partial charge in [0.05, 0.1) is 11.3 Å². The minimum Gasteiger partial charge on any atom is -0.449 e. The maximum absolute atomic E-state index is 11.8. The van der Waals surface area contributed by atoms with E-state index in [4.69, 9.17) is 4.42 Å². The van der Waals surface area contributed by atoms with Crippen molar-refractivity contribution in [1.82, 2.24) is 18.9 Å². The van der Waals surface area contributed by atoms with E-state index in [0.29, 0.717) is 31.8 Å². The number of hydrogen-bond acceptors (Lipinski definition) is 6. The van der Waals surface area contributed by atoms with Gasteiger partial charge in [-0.05, 0) is 25.8 Å². The van der Waals surface area contributed by atoms with Crippen LogP contribution in [0.4, 0.5) is 0 Å². The van der Waals surface area contributed by atoms with Crippen LogP contribution in [0, 0.1) is 6.92 Å². The van der Waals surface area contributed by atoms with Crippen LogP contribution in [0.2, 0.25) is 0 Å². The molecule has 132 valence electrons. The molecule has 0 amide bonds. The monoisotopic (exact) mass is 346 g/mol. The third-order valence-corrected chi connectivity index (χ3v) is 5.60. The molecule has 1 saturated heterocycles. The van der Waals surface area contributed by atoms with Crippen LogP contribution < -0.4 is 4.72 Å². The number of rotatable bonds is 6. The fraction of sp³-hybridized carbons (Fsp3) is 0.786. The van der Waals surface area contributed by atoms with Gasteiger partial charge in [-0.1, -0.05) is 0 Å². The highest BCUT2D eigenvalue weighted by atomic mass is 32.2. The standard InChI is InChI=1S/C14H26N4O4S/c1-12-16-13(10-22-12)9-18-7-4-5-14(19,6-8-18)11-15-23(20,21)17(2)3/h10,15,19H,4-9,11H2,1-3H3. The van der Waals surface area contributed by atoms with Crippen molar-refractivity contribution < 1.29 is 17.9 Å². The van der Waals surface area contributed by atoms with Gasteiger partial charge < -0.3 is 9.52 Å². The molecule has 1 unspecified atom stereocenters. The zero-order valence-corrected chi connectivity index (χ0v) is 14.8. The van der Waals surface area contributed by atoms with E-state index < -0.39 is 15.8 Å². The molecule has 0 saturated carbocycles. The molecule has 0 aliphatic carbocycles. The topological polar surface area (TPSA) is 98.9 Å². The number of likely N-dealkylation sites (tertiary alicyclic amines) is 1. The van der Waals surface area contributed by atoms with Crippen molar-refractivity contribution >= 4 is 10.2 Å². The summed E-state index contributed by atoms with van der Waals surface area (Å²) in [5, 5.41) is 10.7. The summed E-state index contributed by atoms with van der Waals surface area (Å²) in [5.74, 6) is 0.643. The smallest absolute Gasteiger partial charge is 0.279 e. The van der Waals surface area contributed by atoms with Crippen LogP contribution in [0.1, 0.15) is 30.8 Å². The predicted octanol–water partition coefficient (Wildman–Crippen LogP) is 0.0960. The van der Waals surface area contributed by atoms with Crippen LogP contribution in [-0.4, -0.2) is 67.0 Å². The van der Waals surface area contributed by atoms with E-state index in [1.54, 1.807) is 6.26 Å². The second kappa shape index (κ2) is 7.27. The first-order valence-corrected chi connectivity index (χ1v) is 9.17. The van der Waals surface area contributed by atoms with Gasteiger partial charge in [-0.25, -0.2) is 4.98 Å². The number of aliphatic hydroxyl groups is 1. The van der Waals surface area contributed by atoms with Crippen molar-refractivity contribution in [2.75, 3.05) is 33.7 Å². The third kappa shape index (κ3) is 5.25. The molecular formula is C14H26N4O4S. The molecule has 2 N–H and O–H groups in total. The number of aryl methyl sites for hydroxylation is 1. The summed E-state index contributed by atoms with van der Waals surface area (Å²) in [7, 11) is -0.601. The van der Waals surface area contributed by atoms with Gasteiger partial charge in [0.15, 0.2) is 5.89 Å². The lowest BCUT2D eigenvalue weighted by Gasteiger charge is -2.27. The Morgan fingerprint density at radius 3 is 2.78 bits per heavy atom. The van der Waals surface area contributed by atoms with Crippen LogP contribution in [0.3, 0.4) is 0 Å². The van der Waals surface area contributed by atoms with Crippen molar-refractivity contribution in [2.24, 2.45) is 0 Å². The molecule has 1 aromatic rings. The van der Waals surface area contributed by atoms with E-state index in [2.05, 4.69) is 14.6 Å². The van der Waals surface area contributed by atoms with Crippen molar-refractivity contribution in [3.05, 3.63) is 17.8 Å². The van der Waals surface area contributed by atoms with Crippen LogP contribution in [0.25, 0.3) is 0 Å². The molecule has 1 aliphatic rings. The summed E-state index contributed by atoms with van der Waals surface area (Å²) in [6, 6.07) is 0. The molecule has 1 aliphatic heterocycles. The van der Waals surface area contributed by atoms with E-state index in [9.17, 15) is 13.5 Å². The predicted molar refractivity (Wildman–Crippen MR) is 85.9 cm³/mol. The number of nitrogens with zero attached hydrogens (tertiary/aromatic N) is 3. The summed E-state index contributed by atoms with van der Waals surface area (Å²) in [5.41, 5.74) is -0.140. The number of hydrogen-bond donors (Lipinski definition) is 2. The van der Waals surface area contributed by atoms with Gasteiger partial charge in [-0.3, -0.25) is 4.90 Å². The molecule has 0 aromatic carbocycles. The van der Waals surface area contributed by atoms with Gasteiger partial charge in [-0.2, -0.15) is 17.4 Å². The Morgan fingerprint density at radius 2 is 2.17 bits per heavy atom. The first-order valence-electron chi connectivity index (χ1n) is 7.73. The highest BCUT2D eigenvalue weighted by Gasteiger charge is 2.32. The summed E-state index contributed by atoms with van der Waals surface area (Å²) in [6.45, 7) is 4.05. The van der Waals surface area contributed by atoms with Gasteiger partial charge in [0.1, 0.15) is 6.26 Å². The third-order valence-electron chi connectivity index (χ3n) is 4.13. The van der Waals surface area contributed by atoms with Gasteiger partial charge in [0.25, 0.3) is 10.2 Å². The van der Waals surface area contributed by atoms with Crippen molar-refractivity contribution in [3.8, 4) is 0 Å². The minimum atomic E-state index is -3.52. The van der Waals surface area contributed by atoms with Gasteiger partial charge >= 0.3 is 0 Å². The first kappa shape index (κ1) is 18.3. The van der Waals surface area contributed by atoms with E-state index in [1.807, 2.05) is 6.92 Å². The largest absolute Gasteiger partial charge is 0.449 e. The second-order valence-corrected chi connectivity index (χ2v) is 8.29. The van der Waals surface area contributed by atoms with Crippen LogP contribution in [0.5, 0.6) is 0 Å². The average Bonchev–Trinajstić information content (AvgIpc) is 2.78. The summed E-state index contributed by atoms with van der Waals surface area (Å²) in [4.78, 5) is 6.50. The van der Waals surface area contributed by atoms with Crippen LogP contribution in [-0.2, 0) is 16.8 Å². The number of oxazole rings is 1. The van der Waals surface area contributed by atoms with E-state index in [1.165, 1.54) is 14.1 Å². The number of nitrogens with one attached hydrogen (secondary N) is 1. The molecule has 0 spiro atoms. The normalized spacial score (nSPS) is 24.0. The Bertz CT molecular complexity index is 616. The fourth-order valence-corrected chi connectivity index (χ4v) is 3.34. The molecule has 0 bridgehead atoms.